The van der Waals surface area contributed by atoms with Crippen LogP contribution in [0.1, 0.15) is 59.3 Å². The minimum atomic E-state index is 0.731. The fourth-order valence-corrected chi connectivity index (χ4v) is 2.66. The van der Waals surface area contributed by atoms with Gasteiger partial charge in [-0.15, -0.1) is 0 Å². The summed E-state index contributed by atoms with van der Waals surface area (Å²) in [6.45, 7) is 12.0. The largest absolute Gasteiger partial charge is 0.313 e. The third kappa shape index (κ3) is 6.42. The van der Waals surface area contributed by atoms with Crippen LogP contribution in [0.5, 0.6) is 0 Å². The average Bonchev–Trinajstić information content (AvgIpc) is 2.38. The zero-order valence-corrected chi connectivity index (χ0v) is 12.2. The van der Waals surface area contributed by atoms with Gasteiger partial charge in [0.05, 0.1) is 0 Å². The van der Waals surface area contributed by atoms with E-state index < -0.39 is 0 Å². The smallest absolute Gasteiger partial charge is 0.0107 e. The summed E-state index contributed by atoms with van der Waals surface area (Å²) in [5.74, 6) is 0.863. The molecule has 1 aliphatic heterocycles. The summed E-state index contributed by atoms with van der Waals surface area (Å²) in [5.41, 5.74) is 0. The van der Waals surface area contributed by atoms with E-state index >= 15 is 0 Å². The van der Waals surface area contributed by atoms with Gasteiger partial charge in [-0.05, 0) is 44.7 Å². The van der Waals surface area contributed by atoms with Gasteiger partial charge in [-0.1, -0.05) is 33.6 Å². The van der Waals surface area contributed by atoms with Gasteiger partial charge in [0, 0.05) is 19.1 Å². The Labute approximate surface area is 108 Å². The van der Waals surface area contributed by atoms with Crippen LogP contribution in [0.3, 0.4) is 0 Å². The molecule has 0 saturated carbocycles. The maximum Gasteiger partial charge on any atom is 0.0107 e. The number of likely N-dealkylation sites (tertiary alicyclic amines) is 1. The van der Waals surface area contributed by atoms with Crippen LogP contribution in [0.4, 0.5) is 0 Å². The lowest BCUT2D eigenvalue weighted by atomic mass is 9.98. The van der Waals surface area contributed by atoms with Crippen LogP contribution in [0.15, 0.2) is 0 Å². The van der Waals surface area contributed by atoms with Crippen molar-refractivity contribution in [3.63, 3.8) is 0 Å². The van der Waals surface area contributed by atoms with Crippen molar-refractivity contribution in [3.05, 3.63) is 0 Å². The lowest BCUT2D eigenvalue weighted by Gasteiger charge is -2.28. The van der Waals surface area contributed by atoms with E-state index in [1.165, 1.54) is 64.7 Å². The van der Waals surface area contributed by atoms with Crippen molar-refractivity contribution >= 4 is 0 Å². The molecular formula is C15H32N2. The van der Waals surface area contributed by atoms with Crippen LogP contribution in [0.25, 0.3) is 0 Å². The minimum absolute atomic E-state index is 0.731. The Bertz CT molecular complexity index is 176. The zero-order valence-electron chi connectivity index (χ0n) is 12.2. The summed E-state index contributed by atoms with van der Waals surface area (Å²) in [4.78, 5) is 2.62. The highest BCUT2D eigenvalue weighted by Crippen LogP contribution is 2.12. The molecule has 0 bridgehead atoms. The van der Waals surface area contributed by atoms with Crippen molar-refractivity contribution in [1.82, 2.24) is 10.2 Å². The van der Waals surface area contributed by atoms with Gasteiger partial charge >= 0.3 is 0 Å². The lowest BCUT2D eigenvalue weighted by Crippen LogP contribution is -2.39. The third-order valence-electron chi connectivity index (χ3n) is 4.19. The predicted octanol–water partition coefficient (Wildman–Crippen LogP) is 3.28. The van der Waals surface area contributed by atoms with Gasteiger partial charge in [0.25, 0.3) is 0 Å². The number of piperidine rings is 1. The quantitative estimate of drug-likeness (QED) is 0.700. The molecule has 0 aromatic rings. The number of rotatable bonds is 8. The molecule has 2 unspecified atom stereocenters. The molecule has 1 fully saturated rings. The summed E-state index contributed by atoms with van der Waals surface area (Å²) in [6.07, 6.45) is 8.17. The van der Waals surface area contributed by atoms with Crippen LogP contribution >= 0.6 is 0 Å². The standard InChI is InChI=1S/C15H32N2/c1-4-14(3)13-15(5-2)16-9-12-17-10-7-6-8-11-17/h14-16H,4-13H2,1-3H3. The number of hydrogen-bond acceptors (Lipinski definition) is 2. The highest BCUT2D eigenvalue weighted by atomic mass is 15.1. The first-order valence-electron chi connectivity index (χ1n) is 7.72. The van der Waals surface area contributed by atoms with Gasteiger partial charge in [-0.25, -0.2) is 0 Å². The monoisotopic (exact) mass is 240 g/mol. The Kier molecular flexibility index (Phi) is 7.87. The normalized spacial score (nSPS) is 21.4. The summed E-state index contributed by atoms with van der Waals surface area (Å²) in [7, 11) is 0. The molecule has 1 rings (SSSR count). The van der Waals surface area contributed by atoms with Crippen LogP contribution in [-0.2, 0) is 0 Å². The SMILES string of the molecule is CCC(C)CC(CC)NCCN1CCCCC1. The molecule has 102 valence electrons. The molecule has 1 N–H and O–H groups in total. The second kappa shape index (κ2) is 8.93. The lowest BCUT2D eigenvalue weighted by molar-refractivity contribution is 0.223. The molecule has 0 aromatic heterocycles. The van der Waals surface area contributed by atoms with Gasteiger partial charge in [0.2, 0.25) is 0 Å². The number of nitrogens with one attached hydrogen (secondary N) is 1. The molecule has 0 aliphatic carbocycles. The molecule has 2 nitrogen and oxygen atoms in total. The Morgan fingerprint density at radius 1 is 1.06 bits per heavy atom. The molecule has 0 aromatic carbocycles. The van der Waals surface area contributed by atoms with Crippen molar-refractivity contribution < 1.29 is 0 Å². The van der Waals surface area contributed by atoms with Crippen molar-refractivity contribution in [2.45, 2.75) is 65.3 Å². The van der Waals surface area contributed by atoms with Gasteiger partial charge < -0.3 is 10.2 Å². The first kappa shape index (κ1) is 15.0. The molecule has 1 aliphatic rings. The van der Waals surface area contributed by atoms with E-state index in [1.807, 2.05) is 0 Å². The maximum absolute atomic E-state index is 3.74. The minimum Gasteiger partial charge on any atom is -0.313 e. The highest BCUT2D eigenvalue weighted by molar-refractivity contribution is 4.71. The second-order valence-corrected chi connectivity index (χ2v) is 5.71. The van der Waals surface area contributed by atoms with E-state index in [9.17, 15) is 0 Å². The van der Waals surface area contributed by atoms with E-state index in [-0.39, 0.29) is 0 Å². The topological polar surface area (TPSA) is 15.3 Å². The van der Waals surface area contributed by atoms with Crippen LogP contribution in [0.2, 0.25) is 0 Å². The molecule has 2 atom stereocenters. The summed E-state index contributed by atoms with van der Waals surface area (Å²) < 4.78 is 0. The zero-order chi connectivity index (χ0) is 12.5. The summed E-state index contributed by atoms with van der Waals surface area (Å²) >= 11 is 0. The van der Waals surface area contributed by atoms with E-state index in [2.05, 4.69) is 31.0 Å². The van der Waals surface area contributed by atoms with Gasteiger partial charge in [0.1, 0.15) is 0 Å². The third-order valence-corrected chi connectivity index (χ3v) is 4.19. The maximum atomic E-state index is 3.74. The van der Waals surface area contributed by atoms with Crippen molar-refractivity contribution in [2.75, 3.05) is 26.2 Å². The number of hydrogen-bond donors (Lipinski definition) is 1. The molecule has 0 spiro atoms. The Hall–Kier alpha value is -0.0800. The van der Waals surface area contributed by atoms with Crippen molar-refractivity contribution in [3.8, 4) is 0 Å². The Morgan fingerprint density at radius 2 is 1.76 bits per heavy atom. The average molecular weight is 240 g/mol. The van der Waals surface area contributed by atoms with Crippen LogP contribution in [0, 0.1) is 5.92 Å². The molecule has 1 saturated heterocycles. The first-order chi connectivity index (χ1) is 8.26. The van der Waals surface area contributed by atoms with E-state index in [1.54, 1.807) is 0 Å². The molecule has 17 heavy (non-hydrogen) atoms. The summed E-state index contributed by atoms with van der Waals surface area (Å²) in [6, 6.07) is 0.731. The van der Waals surface area contributed by atoms with Gasteiger partial charge in [-0.3, -0.25) is 0 Å². The number of nitrogens with zero attached hydrogens (tertiary/aromatic N) is 1. The second-order valence-electron chi connectivity index (χ2n) is 5.71. The molecule has 0 amide bonds. The van der Waals surface area contributed by atoms with Gasteiger partial charge in [0.15, 0.2) is 0 Å². The molecule has 1 heterocycles. The Morgan fingerprint density at radius 3 is 2.35 bits per heavy atom. The molecule has 0 radical (unpaired) electrons. The van der Waals surface area contributed by atoms with E-state index in [0.29, 0.717) is 0 Å². The summed E-state index contributed by atoms with van der Waals surface area (Å²) in [5, 5.41) is 3.74. The molecule has 2 heteroatoms. The van der Waals surface area contributed by atoms with Gasteiger partial charge in [-0.2, -0.15) is 0 Å². The molecular weight excluding hydrogens is 208 g/mol. The fourth-order valence-electron chi connectivity index (χ4n) is 2.66. The fraction of sp³-hybridized carbons (Fsp3) is 1.00. The highest BCUT2D eigenvalue weighted by Gasteiger charge is 2.12. The van der Waals surface area contributed by atoms with Crippen molar-refractivity contribution in [2.24, 2.45) is 5.92 Å². The van der Waals surface area contributed by atoms with Crippen LogP contribution in [-0.4, -0.2) is 37.1 Å². The van der Waals surface area contributed by atoms with E-state index in [4.69, 9.17) is 0 Å². The van der Waals surface area contributed by atoms with Crippen molar-refractivity contribution in [1.29, 1.82) is 0 Å². The Balaban J connectivity index is 2.09. The van der Waals surface area contributed by atoms with E-state index in [0.717, 1.165) is 12.0 Å². The first-order valence-corrected chi connectivity index (χ1v) is 7.72. The predicted molar refractivity (Wildman–Crippen MR) is 76.4 cm³/mol. The van der Waals surface area contributed by atoms with Crippen LogP contribution < -0.4 is 5.32 Å².